The van der Waals surface area contributed by atoms with Gasteiger partial charge in [0.05, 0.1) is 21.2 Å². The first kappa shape index (κ1) is 15.4. The van der Waals surface area contributed by atoms with E-state index >= 15 is 0 Å². The third-order valence-electron chi connectivity index (χ3n) is 3.67. The van der Waals surface area contributed by atoms with Gasteiger partial charge in [-0.1, -0.05) is 18.2 Å². The summed E-state index contributed by atoms with van der Waals surface area (Å²) >= 11 is 4.70. The van der Waals surface area contributed by atoms with Gasteiger partial charge < -0.3 is 9.88 Å². The molecule has 1 N–H and O–H groups in total. The van der Waals surface area contributed by atoms with Crippen LogP contribution in [0.25, 0.3) is 11.0 Å². The number of nitrogens with zero attached hydrogens (tertiary/aromatic N) is 3. The maximum atomic E-state index is 10.9. The molecule has 1 aromatic heterocycles. The first-order valence-electron chi connectivity index (χ1n) is 7.05. The molecule has 0 saturated carbocycles. The predicted molar refractivity (Wildman–Crippen MR) is 94.3 cm³/mol. The van der Waals surface area contributed by atoms with Gasteiger partial charge in [0.1, 0.15) is 5.82 Å². The van der Waals surface area contributed by atoms with Gasteiger partial charge in [0.2, 0.25) is 0 Å². The molecule has 1 heterocycles. The van der Waals surface area contributed by atoms with E-state index in [-0.39, 0.29) is 10.9 Å². The van der Waals surface area contributed by atoms with E-state index in [1.165, 1.54) is 12.1 Å². The van der Waals surface area contributed by atoms with Crippen molar-refractivity contribution in [3.05, 3.63) is 64.0 Å². The minimum atomic E-state index is -0.423. The number of benzene rings is 2. The average molecular weight is 328 g/mol. The van der Waals surface area contributed by atoms with Gasteiger partial charge in [-0.25, -0.2) is 4.98 Å². The number of nitro benzene ring substituents is 1. The molecule has 3 aromatic rings. The van der Waals surface area contributed by atoms with Gasteiger partial charge in [-0.05, 0) is 17.7 Å². The van der Waals surface area contributed by atoms with Crippen LogP contribution in [0.1, 0.15) is 16.6 Å². The number of non-ortho nitro benzene ring substituents is 1. The van der Waals surface area contributed by atoms with Crippen LogP contribution in [0.2, 0.25) is 0 Å². The molecule has 0 saturated heterocycles. The fourth-order valence-corrected chi connectivity index (χ4v) is 2.87. The molecule has 3 rings (SSSR count). The Morgan fingerprint density at radius 1 is 1.26 bits per heavy atom. The van der Waals surface area contributed by atoms with E-state index in [0.717, 1.165) is 16.8 Å². The molecule has 0 fully saturated rings. The van der Waals surface area contributed by atoms with Crippen LogP contribution in [-0.2, 0) is 0 Å². The molecule has 7 heteroatoms. The van der Waals surface area contributed by atoms with Crippen molar-refractivity contribution in [1.82, 2.24) is 9.97 Å². The van der Waals surface area contributed by atoms with Crippen LogP contribution in [0.3, 0.4) is 0 Å². The van der Waals surface area contributed by atoms with Crippen LogP contribution in [0.4, 0.5) is 11.4 Å². The van der Waals surface area contributed by atoms with Crippen molar-refractivity contribution in [1.29, 1.82) is 0 Å². The number of nitrogens with one attached hydrogen (secondary N) is 1. The van der Waals surface area contributed by atoms with Crippen molar-refractivity contribution in [2.75, 3.05) is 19.0 Å². The molecule has 0 aliphatic rings. The quantitative estimate of drug-likeness (QED) is 0.436. The number of aromatic amines is 1. The molecular weight excluding hydrogens is 312 g/mol. The highest BCUT2D eigenvalue weighted by atomic mass is 32.1. The van der Waals surface area contributed by atoms with Crippen LogP contribution in [0.5, 0.6) is 0 Å². The van der Waals surface area contributed by atoms with E-state index < -0.39 is 4.92 Å². The van der Waals surface area contributed by atoms with E-state index in [2.05, 4.69) is 9.97 Å². The number of fused-ring (bicyclic) bond motifs is 1. The maximum Gasteiger partial charge on any atom is 0.271 e. The van der Waals surface area contributed by atoms with Crippen molar-refractivity contribution < 1.29 is 4.92 Å². The highest BCUT2D eigenvalue weighted by molar-refractivity contribution is 7.80. The summed E-state index contributed by atoms with van der Waals surface area (Å²) in [4.78, 5) is 20.1. The first-order chi connectivity index (χ1) is 11.0. The molecule has 2 aromatic carbocycles. The fourth-order valence-electron chi connectivity index (χ4n) is 2.53. The van der Waals surface area contributed by atoms with E-state index in [1.54, 1.807) is 6.07 Å². The molecule has 0 spiro atoms. The average Bonchev–Trinajstić information content (AvgIpc) is 2.97. The van der Waals surface area contributed by atoms with Crippen LogP contribution in [0, 0.1) is 10.1 Å². The summed E-state index contributed by atoms with van der Waals surface area (Å²) in [6.45, 7) is 0. The lowest BCUT2D eigenvalue weighted by atomic mass is 10.1. The number of hydrogen-bond acceptors (Lipinski definition) is 5. The number of nitro groups is 1. The first-order valence-corrected chi connectivity index (χ1v) is 7.57. The van der Waals surface area contributed by atoms with Crippen molar-refractivity contribution in [2.45, 2.75) is 5.25 Å². The summed E-state index contributed by atoms with van der Waals surface area (Å²) in [5, 5.41) is 10.6. The molecule has 0 radical (unpaired) electrons. The Morgan fingerprint density at radius 3 is 2.70 bits per heavy atom. The van der Waals surface area contributed by atoms with Gasteiger partial charge in [-0.3, -0.25) is 10.1 Å². The summed E-state index contributed by atoms with van der Waals surface area (Å²) in [6, 6.07) is 12.6. The summed E-state index contributed by atoms with van der Waals surface area (Å²) in [6.07, 6.45) is 0. The Morgan fingerprint density at radius 2 is 2.00 bits per heavy atom. The summed E-state index contributed by atoms with van der Waals surface area (Å²) in [5.41, 5.74) is 3.43. The molecule has 23 heavy (non-hydrogen) atoms. The Bertz CT molecular complexity index is 875. The lowest BCUT2D eigenvalue weighted by molar-refractivity contribution is -0.384. The van der Waals surface area contributed by atoms with Crippen molar-refractivity contribution in [3.63, 3.8) is 0 Å². The van der Waals surface area contributed by atoms with Gasteiger partial charge in [-0.15, -0.1) is 0 Å². The zero-order chi connectivity index (χ0) is 16.6. The van der Waals surface area contributed by atoms with Gasteiger partial charge >= 0.3 is 0 Å². The number of imidazole rings is 1. The molecule has 0 amide bonds. The summed E-state index contributed by atoms with van der Waals surface area (Å²) in [7, 11) is 3.95. The summed E-state index contributed by atoms with van der Waals surface area (Å²) < 4.78 is 0. The van der Waals surface area contributed by atoms with Crippen LogP contribution >= 0.6 is 12.6 Å². The number of aromatic nitrogens is 2. The van der Waals surface area contributed by atoms with E-state index in [9.17, 15) is 10.1 Å². The van der Waals surface area contributed by atoms with Gasteiger partial charge in [0, 0.05) is 31.9 Å². The largest absolute Gasteiger partial charge is 0.377 e. The van der Waals surface area contributed by atoms with Crippen LogP contribution in [-0.4, -0.2) is 29.0 Å². The van der Waals surface area contributed by atoms with Gasteiger partial charge in [0.15, 0.2) is 0 Å². The van der Waals surface area contributed by atoms with E-state index in [0.29, 0.717) is 11.3 Å². The fraction of sp³-hybridized carbons (Fsp3) is 0.188. The van der Waals surface area contributed by atoms with E-state index in [1.807, 2.05) is 43.3 Å². The molecule has 0 aliphatic carbocycles. The second kappa shape index (κ2) is 5.92. The van der Waals surface area contributed by atoms with Crippen LogP contribution in [0.15, 0.2) is 42.5 Å². The molecule has 0 bridgehead atoms. The van der Waals surface area contributed by atoms with E-state index in [4.69, 9.17) is 12.6 Å². The van der Waals surface area contributed by atoms with Gasteiger partial charge in [0.25, 0.3) is 5.69 Å². The zero-order valence-electron chi connectivity index (χ0n) is 12.7. The third kappa shape index (κ3) is 2.87. The van der Waals surface area contributed by atoms with Gasteiger partial charge in [-0.2, -0.15) is 12.6 Å². The Kier molecular flexibility index (Phi) is 3.96. The SMILES string of the molecule is CN(C)c1ccccc1C(S)c1nc2cc([N+](=O)[O-])ccc2[nH]1. The highest BCUT2D eigenvalue weighted by Crippen LogP contribution is 2.34. The smallest absolute Gasteiger partial charge is 0.271 e. The Balaban J connectivity index is 2.04. The monoisotopic (exact) mass is 328 g/mol. The number of thiol groups is 1. The predicted octanol–water partition coefficient (Wildman–Crippen LogP) is 3.56. The van der Waals surface area contributed by atoms with Crippen molar-refractivity contribution in [2.24, 2.45) is 0 Å². The minimum Gasteiger partial charge on any atom is -0.377 e. The van der Waals surface area contributed by atoms with Crippen molar-refractivity contribution in [3.8, 4) is 0 Å². The second-order valence-electron chi connectivity index (χ2n) is 5.44. The lowest BCUT2D eigenvalue weighted by Crippen LogP contribution is -2.12. The zero-order valence-corrected chi connectivity index (χ0v) is 13.6. The molecule has 1 atom stereocenters. The molecule has 118 valence electrons. The Hall–Kier alpha value is -2.54. The normalized spacial score (nSPS) is 12.3. The summed E-state index contributed by atoms with van der Waals surface area (Å²) in [5.74, 6) is 0.665. The molecule has 0 aliphatic heterocycles. The van der Waals surface area contributed by atoms with Crippen molar-refractivity contribution >= 4 is 35.0 Å². The molecular formula is C16H16N4O2S. The second-order valence-corrected chi connectivity index (χ2v) is 5.95. The number of rotatable bonds is 4. The number of hydrogen-bond donors (Lipinski definition) is 2. The topological polar surface area (TPSA) is 75.1 Å². The van der Waals surface area contributed by atoms with Crippen LogP contribution < -0.4 is 4.90 Å². The molecule has 6 nitrogen and oxygen atoms in total. The maximum absolute atomic E-state index is 10.9. The lowest BCUT2D eigenvalue weighted by Gasteiger charge is -2.20. The standard InChI is InChI=1S/C16H16N4O2S/c1-19(2)14-6-4-3-5-11(14)15(23)16-17-12-8-7-10(20(21)22)9-13(12)18-16/h3-9,15,23H,1-2H3,(H,17,18). The number of para-hydroxylation sites is 1. The Labute approximate surface area is 138 Å². The highest BCUT2D eigenvalue weighted by Gasteiger charge is 2.19. The third-order valence-corrected chi connectivity index (χ3v) is 4.19. The number of H-pyrrole nitrogens is 1. The minimum absolute atomic E-state index is 0.0277. The number of anilines is 1. The molecule has 1 unspecified atom stereocenters.